The van der Waals surface area contributed by atoms with Crippen molar-refractivity contribution in [3.05, 3.63) is 77.2 Å². The molecule has 0 aliphatic carbocycles. The minimum absolute atomic E-state index is 0.171. The highest BCUT2D eigenvalue weighted by atomic mass is 16.2. The van der Waals surface area contributed by atoms with Crippen molar-refractivity contribution < 1.29 is 9.59 Å². The van der Waals surface area contributed by atoms with Gasteiger partial charge in [-0.2, -0.15) is 0 Å². The number of nitrogens with two attached hydrogens (primary N) is 1. The van der Waals surface area contributed by atoms with Gasteiger partial charge in [0.15, 0.2) is 0 Å². The highest BCUT2D eigenvalue weighted by Crippen LogP contribution is 2.25. The molecule has 1 aliphatic rings. The van der Waals surface area contributed by atoms with Crippen LogP contribution in [-0.4, -0.2) is 38.9 Å². The Balaban J connectivity index is 1.57. The number of aryl methyl sites for hydroxylation is 1. The molecule has 7 nitrogen and oxygen atoms in total. The number of carbonyl (C=O) groups excluding carboxylic acids is 2. The number of carbonyl (C=O) groups is 2. The Bertz CT molecular complexity index is 1110. The molecule has 7 heteroatoms. The van der Waals surface area contributed by atoms with Crippen LogP contribution in [0.2, 0.25) is 0 Å². The van der Waals surface area contributed by atoms with Gasteiger partial charge in [-0.25, -0.2) is 4.98 Å². The first-order valence-corrected chi connectivity index (χ1v) is 10.5. The number of anilines is 1. The van der Waals surface area contributed by atoms with Gasteiger partial charge < -0.3 is 15.6 Å². The Kier molecular flexibility index (Phi) is 5.86. The second-order valence-electron chi connectivity index (χ2n) is 7.95. The number of nitrogens with zero attached hydrogens (tertiary/aromatic N) is 3. The van der Waals surface area contributed by atoms with Crippen molar-refractivity contribution in [2.75, 3.05) is 11.9 Å². The van der Waals surface area contributed by atoms with Crippen LogP contribution < -0.4 is 11.1 Å². The molecule has 0 saturated carbocycles. The average Bonchev–Trinajstić information content (AvgIpc) is 3.34. The van der Waals surface area contributed by atoms with Crippen LogP contribution in [0.1, 0.15) is 40.2 Å². The fraction of sp³-hybridized carbons (Fsp3) is 0.292. The maximum atomic E-state index is 13.2. The van der Waals surface area contributed by atoms with E-state index >= 15 is 0 Å². The lowest BCUT2D eigenvalue weighted by atomic mass is 10.1. The highest BCUT2D eigenvalue weighted by molar-refractivity contribution is 6.05. The number of amides is 2. The van der Waals surface area contributed by atoms with Gasteiger partial charge in [0.1, 0.15) is 5.82 Å². The molecule has 2 aromatic heterocycles. The molecule has 1 fully saturated rings. The van der Waals surface area contributed by atoms with Gasteiger partial charge in [0.25, 0.3) is 5.91 Å². The Morgan fingerprint density at radius 1 is 1.16 bits per heavy atom. The molecular formula is C24H27N5O2. The molecule has 1 unspecified atom stereocenters. The van der Waals surface area contributed by atoms with Crippen molar-refractivity contribution in [3.8, 4) is 5.82 Å². The lowest BCUT2D eigenvalue weighted by molar-refractivity contribution is -0.122. The topological polar surface area (TPSA) is 93.3 Å². The predicted octanol–water partition coefficient (Wildman–Crippen LogP) is 3.19. The molecule has 3 aromatic rings. The molecule has 3 heterocycles. The van der Waals surface area contributed by atoms with Crippen molar-refractivity contribution in [1.29, 1.82) is 0 Å². The molecule has 3 N–H and O–H groups in total. The van der Waals surface area contributed by atoms with E-state index in [2.05, 4.69) is 15.2 Å². The van der Waals surface area contributed by atoms with Crippen LogP contribution in [0.4, 0.5) is 5.69 Å². The molecule has 1 saturated heterocycles. The maximum Gasteiger partial charge on any atom is 0.257 e. The Morgan fingerprint density at radius 3 is 2.68 bits per heavy atom. The average molecular weight is 418 g/mol. The predicted molar refractivity (Wildman–Crippen MR) is 120 cm³/mol. The summed E-state index contributed by atoms with van der Waals surface area (Å²) in [5.41, 5.74) is 9.64. The van der Waals surface area contributed by atoms with Crippen LogP contribution in [0.3, 0.4) is 0 Å². The van der Waals surface area contributed by atoms with E-state index < -0.39 is 0 Å². The van der Waals surface area contributed by atoms with Crippen molar-refractivity contribution in [1.82, 2.24) is 14.5 Å². The van der Waals surface area contributed by atoms with Crippen LogP contribution in [0.15, 0.2) is 54.7 Å². The summed E-state index contributed by atoms with van der Waals surface area (Å²) >= 11 is 0. The summed E-state index contributed by atoms with van der Waals surface area (Å²) in [5.74, 6) is 0.319. The van der Waals surface area contributed by atoms with E-state index in [1.54, 1.807) is 6.20 Å². The summed E-state index contributed by atoms with van der Waals surface area (Å²) in [6, 6.07) is 15.0. The van der Waals surface area contributed by atoms with E-state index in [4.69, 9.17) is 5.73 Å². The molecule has 0 radical (unpaired) electrons. The molecule has 1 aromatic carbocycles. The third kappa shape index (κ3) is 4.22. The fourth-order valence-electron chi connectivity index (χ4n) is 4.36. The third-order valence-corrected chi connectivity index (χ3v) is 5.89. The summed E-state index contributed by atoms with van der Waals surface area (Å²) in [6.07, 6.45) is 3.47. The second kappa shape index (κ2) is 8.73. The van der Waals surface area contributed by atoms with Crippen LogP contribution in [0.25, 0.3) is 5.82 Å². The van der Waals surface area contributed by atoms with Crippen molar-refractivity contribution in [2.24, 2.45) is 5.73 Å². The van der Waals surface area contributed by atoms with Gasteiger partial charge in [-0.05, 0) is 63.1 Å². The summed E-state index contributed by atoms with van der Waals surface area (Å²) in [4.78, 5) is 31.4. The summed E-state index contributed by atoms with van der Waals surface area (Å²) in [5, 5.41) is 3.06. The number of aromatic nitrogens is 2. The molecule has 4 rings (SSSR count). The zero-order valence-corrected chi connectivity index (χ0v) is 17.8. The van der Waals surface area contributed by atoms with Gasteiger partial charge in [-0.1, -0.05) is 24.3 Å². The standard InChI is InChI=1S/C24H27N5O2/c1-16-14-19(17(2)29(16)22-11-5-6-12-26-22)24(31)27-20-9-4-3-8-18(20)15-28-13-7-10-21(28)23(25)30/h3-6,8-9,11-12,14,21H,7,10,13,15H2,1-2H3,(H2,25,30)(H,27,31). The second-order valence-corrected chi connectivity index (χ2v) is 7.95. The van der Waals surface area contributed by atoms with E-state index in [0.29, 0.717) is 12.1 Å². The number of nitrogens with one attached hydrogen (secondary N) is 1. The first-order valence-electron chi connectivity index (χ1n) is 10.5. The fourth-order valence-corrected chi connectivity index (χ4v) is 4.36. The first-order chi connectivity index (χ1) is 15.0. The van der Waals surface area contributed by atoms with E-state index in [0.717, 1.165) is 47.8 Å². The summed E-state index contributed by atoms with van der Waals surface area (Å²) < 4.78 is 1.97. The third-order valence-electron chi connectivity index (χ3n) is 5.89. The van der Waals surface area contributed by atoms with Gasteiger partial charge in [0.05, 0.1) is 11.6 Å². The van der Waals surface area contributed by atoms with Crippen LogP contribution in [0, 0.1) is 13.8 Å². The zero-order valence-electron chi connectivity index (χ0n) is 17.8. The number of pyridine rings is 1. The highest BCUT2D eigenvalue weighted by Gasteiger charge is 2.29. The molecule has 1 atom stereocenters. The number of likely N-dealkylation sites (tertiary alicyclic amines) is 1. The number of hydrogen-bond acceptors (Lipinski definition) is 4. The van der Waals surface area contributed by atoms with Crippen molar-refractivity contribution >= 4 is 17.5 Å². The minimum atomic E-state index is -0.291. The Hall–Kier alpha value is -3.45. The van der Waals surface area contributed by atoms with Gasteiger partial charge >= 0.3 is 0 Å². The van der Waals surface area contributed by atoms with Crippen molar-refractivity contribution in [2.45, 2.75) is 39.3 Å². The SMILES string of the molecule is Cc1cc(C(=O)Nc2ccccc2CN2CCCC2C(N)=O)c(C)n1-c1ccccn1. The summed E-state index contributed by atoms with van der Waals surface area (Å²) in [7, 11) is 0. The summed E-state index contributed by atoms with van der Waals surface area (Å²) in [6.45, 7) is 5.27. The van der Waals surface area contributed by atoms with E-state index in [9.17, 15) is 9.59 Å². The molecule has 0 bridgehead atoms. The number of para-hydroxylation sites is 1. The normalized spacial score (nSPS) is 16.4. The quantitative estimate of drug-likeness (QED) is 0.644. The maximum absolute atomic E-state index is 13.2. The number of primary amides is 1. The van der Waals surface area contributed by atoms with Crippen LogP contribution in [0.5, 0.6) is 0 Å². The van der Waals surface area contributed by atoms with Crippen LogP contribution in [-0.2, 0) is 11.3 Å². The number of hydrogen-bond donors (Lipinski definition) is 2. The van der Waals surface area contributed by atoms with Gasteiger partial charge in [-0.15, -0.1) is 0 Å². The minimum Gasteiger partial charge on any atom is -0.368 e. The Morgan fingerprint density at radius 2 is 1.94 bits per heavy atom. The smallest absolute Gasteiger partial charge is 0.257 e. The lowest BCUT2D eigenvalue weighted by Crippen LogP contribution is -2.39. The van der Waals surface area contributed by atoms with E-state index in [-0.39, 0.29) is 17.9 Å². The largest absolute Gasteiger partial charge is 0.368 e. The first kappa shape index (κ1) is 20.8. The Labute approximate surface area is 181 Å². The monoisotopic (exact) mass is 417 g/mol. The lowest BCUT2D eigenvalue weighted by Gasteiger charge is -2.23. The molecule has 2 amide bonds. The van der Waals surface area contributed by atoms with E-state index in [1.165, 1.54) is 0 Å². The van der Waals surface area contributed by atoms with Crippen LogP contribution >= 0.6 is 0 Å². The van der Waals surface area contributed by atoms with Gasteiger partial charge in [0, 0.05) is 29.8 Å². The van der Waals surface area contributed by atoms with Gasteiger partial charge in [0.2, 0.25) is 5.91 Å². The van der Waals surface area contributed by atoms with Crippen molar-refractivity contribution in [3.63, 3.8) is 0 Å². The van der Waals surface area contributed by atoms with Gasteiger partial charge in [-0.3, -0.25) is 14.5 Å². The number of rotatable bonds is 6. The number of benzene rings is 1. The molecular weight excluding hydrogens is 390 g/mol. The zero-order chi connectivity index (χ0) is 22.0. The van der Waals surface area contributed by atoms with E-state index in [1.807, 2.05) is 66.9 Å². The molecule has 31 heavy (non-hydrogen) atoms. The molecule has 1 aliphatic heterocycles. The molecule has 0 spiro atoms. The molecule has 160 valence electrons.